The Bertz CT molecular complexity index is 339. The van der Waals surface area contributed by atoms with Crippen LogP contribution in [-0.2, 0) is 6.54 Å². The normalized spacial score (nSPS) is 10.0. The Hall–Kier alpha value is -1.46. The van der Waals surface area contributed by atoms with E-state index in [1.54, 1.807) is 0 Å². The SMILES string of the molecule is C#CCOc1ccccc1CNC(C)C. The quantitative estimate of drug-likeness (QED) is 0.741. The van der Waals surface area contributed by atoms with Crippen LogP contribution in [0.2, 0.25) is 0 Å². The summed E-state index contributed by atoms with van der Waals surface area (Å²) in [6.07, 6.45) is 5.16. The minimum Gasteiger partial charge on any atom is -0.481 e. The van der Waals surface area contributed by atoms with Gasteiger partial charge in [0.15, 0.2) is 0 Å². The standard InChI is InChI=1S/C13H17NO/c1-4-9-15-13-8-6-5-7-12(13)10-14-11(2)3/h1,5-8,11,14H,9-10H2,2-3H3. The van der Waals surface area contributed by atoms with Crippen LogP contribution in [0.5, 0.6) is 5.75 Å². The molecule has 0 bridgehead atoms. The summed E-state index contributed by atoms with van der Waals surface area (Å²) in [4.78, 5) is 0. The Morgan fingerprint density at radius 3 is 2.80 bits per heavy atom. The van der Waals surface area contributed by atoms with Crippen molar-refractivity contribution in [3.8, 4) is 18.1 Å². The maximum Gasteiger partial charge on any atom is 0.148 e. The van der Waals surface area contributed by atoms with Gasteiger partial charge in [0.25, 0.3) is 0 Å². The van der Waals surface area contributed by atoms with Crippen molar-refractivity contribution in [3.63, 3.8) is 0 Å². The Labute approximate surface area is 91.6 Å². The highest BCUT2D eigenvalue weighted by Gasteiger charge is 2.02. The molecule has 0 aliphatic heterocycles. The van der Waals surface area contributed by atoms with E-state index in [-0.39, 0.29) is 0 Å². The second kappa shape index (κ2) is 6.10. The number of ether oxygens (including phenoxy) is 1. The van der Waals surface area contributed by atoms with Gasteiger partial charge in [-0.2, -0.15) is 0 Å². The van der Waals surface area contributed by atoms with E-state index >= 15 is 0 Å². The molecule has 0 radical (unpaired) electrons. The molecule has 0 heterocycles. The fourth-order valence-corrected chi connectivity index (χ4v) is 1.22. The molecule has 0 spiro atoms. The van der Waals surface area contributed by atoms with Gasteiger partial charge in [-0.25, -0.2) is 0 Å². The molecule has 1 aromatic carbocycles. The van der Waals surface area contributed by atoms with E-state index < -0.39 is 0 Å². The Morgan fingerprint density at radius 2 is 2.13 bits per heavy atom. The topological polar surface area (TPSA) is 21.3 Å². The molecule has 1 rings (SSSR count). The van der Waals surface area contributed by atoms with E-state index in [2.05, 4.69) is 25.1 Å². The van der Waals surface area contributed by atoms with Crippen molar-refractivity contribution >= 4 is 0 Å². The highest BCUT2D eigenvalue weighted by Crippen LogP contribution is 2.17. The van der Waals surface area contributed by atoms with Gasteiger partial charge in [0.1, 0.15) is 12.4 Å². The lowest BCUT2D eigenvalue weighted by Gasteiger charge is -2.12. The van der Waals surface area contributed by atoms with Crippen LogP contribution >= 0.6 is 0 Å². The van der Waals surface area contributed by atoms with Gasteiger partial charge in [-0.15, -0.1) is 6.42 Å². The smallest absolute Gasteiger partial charge is 0.148 e. The fourth-order valence-electron chi connectivity index (χ4n) is 1.22. The van der Waals surface area contributed by atoms with Crippen LogP contribution < -0.4 is 10.1 Å². The second-order valence-electron chi connectivity index (χ2n) is 3.64. The molecule has 80 valence electrons. The van der Waals surface area contributed by atoms with Crippen molar-refractivity contribution in [2.75, 3.05) is 6.61 Å². The third-order valence-electron chi connectivity index (χ3n) is 1.98. The van der Waals surface area contributed by atoms with Crippen molar-refractivity contribution < 1.29 is 4.74 Å². The van der Waals surface area contributed by atoms with Gasteiger partial charge >= 0.3 is 0 Å². The summed E-state index contributed by atoms with van der Waals surface area (Å²) in [5.41, 5.74) is 1.14. The molecular formula is C13H17NO. The van der Waals surface area contributed by atoms with Gasteiger partial charge in [-0.3, -0.25) is 0 Å². The summed E-state index contributed by atoms with van der Waals surface area (Å²) in [5.74, 6) is 3.33. The van der Waals surface area contributed by atoms with Crippen LogP contribution in [0.1, 0.15) is 19.4 Å². The van der Waals surface area contributed by atoms with Gasteiger partial charge in [-0.1, -0.05) is 38.0 Å². The zero-order valence-corrected chi connectivity index (χ0v) is 9.29. The van der Waals surface area contributed by atoms with Gasteiger partial charge in [0.05, 0.1) is 0 Å². The number of para-hydroxylation sites is 1. The summed E-state index contributed by atoms with van der Waals surface area (Å²) in [5, 5.41) is 3.35. The minimum atomic E-state index is 0.318. The average Bonchev–Trinajstić information content (AvgIpc) is 2.24. The zero-order valence-electron chi connectivity index (χ0n) is 9.29. The maximum atomic E-state index is 5.44. The highest BCUT2D eigenvalue weighted by atomic mass is 16.5. The molecule has 0 fully saturated rings. The van der Waals surface area contributed by atoms with Crippen molar-refractivity contribution in [2.45, 2.75) is 26.4 Å². The van der Waals surface area contributed by atoms with Gasteiger partial charge < -0.3 is 10.1 Å². The molecule has 15 heavy (non-hydrogen) atoms. The largest absolute Gasteiger partial charge is 0.481 e. The molecule has 0 atom stereocenters. The van der Waals surface area contributed by atoms with Crippen LogP contribution in [0, 0.1) is 12.3 Å². The first-order valence-corrected chi connectivity index (χ1v) is 5.11. The van der Waals surface area contributed by atoms with Gasteiger partial charge in [0.2, 0.25) is 0 Å². The fraction of sp³-hybridized carbons (Fsp3) is 0.385. The number of hydrogen-bond donors (Lipinski definition) is 1. The summed E-state index contributed by atoms with van der Waals surface area (Å²) in [6.45, 7) is 5.35. The third-order valence-corrected chi connectivity index (χ3v) is 1.98. The molecule has 2 heteroatoms. The van der Waals surface area contributed by atoms with Crippen LogP contribution in [0.25, 0.3) is 0 Å². The maximum absolute atomic E-state index is 5.44. The zero-order chi connectivity index (χ0) is 11.1. The first-order chi connectivity index (χ1) is 7.24. The molecule has 0 saturated heterocycles. The van der Waals surface area contributed by atoms with E-state index in [0.29, 0.717) is 12.6 Å². The molecule has 0 saturated carbocycles. The molecule has 0 aliphatic rings. The van der Waals surface area contributed by atoms with E-state index in [1.807, 2.05) is 24.3 Å². The van der Waals surface area contributed by atoms with E-state index in [1.165, 1.54) is 0 Å². The first kappa shape index (κ1) is 11.6. The first-order valence-electron chi connectivity index (χ1n) is 5.11. The highest BCUT2D eigenvalue weighted by molar-refractivity contribution is 5.33. The van der Waals surface area contributed by atoms with E-state index in [9.17, 15) is 0 Å². The lowest BCUT2D eigenvalue weighted by Crippen LogP contribution is -2.22. The lowest BCUT2D eigenvalue weighted by atomic mass is 10.2. The molecule has 0 unspecified atom stereocenters. The molecule has 1 N–H and O–H groups in total. The summed E-state index contributed by atoms with van der Waals surface area (Å²) in [6, 6.07) is 8.39. The average molecular weight is 203 g/mol. The third kappa shape index (κ3) is 4.05. The van der Waals surface area contributed by atoms with Crippen LogP contribution in [-0.4, -0.2) is 12.6 Å². The van der Waals surface area contributed by atoms with Crippen LogP contribution in [0.4, 0.5) is 0 Å². The summed E-state index contributed by atoms with van der Waals surface area (Å²) < 4.78 is 5.44. The predicted octanol–water partition coefficient (Wildman–Crippen LogP) is 2.20. The van der Waals surface area contributed by atoms with Crippen molar-refractivity contribution in [1.82, 2.24) is 5.32 Å². The van der Waals surface area contributed by atoms with Gasteiger partial charge in [0, 0.05) is 18.2 Å². The number of hydrogen-bond acceptors (Lipinski definition) is 2. The van der Waals surface area contributed by atoms with Crippen molar-refractivity contribution in [2.24, 2.45) is 0 Å². The molecule has 0 aliphatic carbocycles. The molecule has 0 aromatic heterocycles. The number of terminal acetylenes is 1. The number of rotatable bonds is 5. The molecule has 1 aromatic rings. The van der Waals surface area contributed by atoms with Crippen molar-refractivity contribution in [1.29, 1.82) is 0 Å². The summed E-state index contributed by atoms with van der Waals surface area (Å²) >= 11 is 0. The Kier molecular flexibility index (Phi) is 4.73. The van der Waals surface area contributed by atoms with Crippen LogP contribution in [0.3, 0.4) is 0 Å². The van der Waals surface area contributed by atoms with Crippen molar-refractivity contribution in [3.05, 3.63) is 29.8 Å². The van der Waals surface area contributed by atoms with E-state index in [0.717, 1.165) is 17.9 Å². The summed E-state index contributed by atoms with van der Waals surface area (Å²) in [7, 11) is 0. The van der Waals surface area contributed by atoms with E-state index in [4.69, 9.17) is 11.2 Å². The molecule has 0 amide bonds. The lowest BCUT2D eigenvalue weighted by molar-refractivity contribution is 0.364. The second-order valence-corrected chi connectivity index (χ2v) is 3.64. The van der Waals surface area contributed by atoms with Crippen LogP contribution in [0.15, 0.2) is 24.3 Å². The number of benzene rings is 1. The van der Waals surface area contributed by atoms with Gasteiger partial charge in [-0.05, 0) is 6.07 Å². The molecule has 2 nitrogen and oxygen atoms in total. The predicted molar refractivity (Wildman–Crippen MR) is 62.7 cm³/mol. The molecular weight excluding hydrogens is 186 g/mol. The Morgan fingerprint density at radius 1 is 1.40 bits per heavy atom. The Balaban J connectivity index is 2.64. The minimum absolute atomic E-state index is 0.318. The number of nitrogens with one attached hydrogen (secondary N) is 1. The monoisotopic (exact) mass is 203 g/mol.